The molecule has 2 unspecified atom stereocenters. The number of fused-ring (bicyclic) bond motifs is 1. The van der Waals surface area contributed by atoms with Gasteiger partial charge in [-0.15, -0.1) is 0 Å². The van der Waals surface area contributed by atoms with Gasteiger partial charge in [0.05, 0.1) is 13.2 Å². The number of aromatic hydroxyl groups is 1. The zero-order valence-corrected chi connectivity index (χ0v) is 11.3. The lowest BCUT2D eigenvalue weighted by atomic mass is 10.1. The van der Waals surface area contributed by atoms with E-state index in [0.717, 1.165) is 30.8 Å². The minimum atomic E-state index is -0.384. The van der Waals surface area contributed by atoms with E-state index < -0.39 is 0 Å². The van der Waals surface area contributed by atoms with Gasteiger partial charge in [0.25, 0.3) is 0 Å². The van der Waals surface area contributed by atoms with Crippen molar-refractivity contribution in [3.05, 3.63) is 23.8 Å². The maximum Gasteiger partial charge on any atom is 0.407 e. The summed E-state index contributed by atoms with van der Waals surface area (Å²) < 4.78 is 10.2. The maximum absolute atomic E-state index is 11.2. The molecule has 2 atom stereocenters. The fourth-order valence-electron chi connectivity index (χ4n) is 2.90. The van der Waals surface area contributed by atoms with Crippen LogP contribution in [0.4, 0.5) is 4.79 Å². The van der Waals surface area contributed by atoms with E-state index in [0.29, 0.717) is 6.61 Å². The summed E-state index contributed by atoms with van der Waals surface area (Å²) in [7, 11) is 1.37. The third kappa shape index (κ3) is 2.38. The molecule has 1 amide bonds. The molecule has 0 spiro atoms. The van der Waals surface area contributed by atoms with Crippen LogP contribution in [-0.2, 0) is 4.74 Å². The van der Waals surface area contributed by atoms with Crippen LogP contribution in [0.1, 0.15) is 18.0 Å². The Kier molecular flexibility index (Phi) is 3.40. The second-order valence-corrected chi connectivity index (χ2v) is 5.17. The van der Waals surface area contributed by atoms with Crippen molar-refractivity contribution in [3.8, 4) is 11.5 Å². The molecule has 2 aliphatic heterocycles. The molecule has 6 nitrogen and oxygen atoms in total. The number of hydrogen-bond donors (Lipinski definition) is 2. The van der Waals surface area contributed by atoms with Crippen molar-refractivity contribution in [1.82, 2.24) is 10.2 Å². The lowest BCUT2D eigenvalue weighted by molar-refractivity contribution is 0.163. The van der Waals surface area contributed by atoms with E-state index in [9.17, 15) is 9.90 Å². The van der Waals surface area contributed by atoms with Crippen molar-refractivity contribution in [1.29, 1.82) is 0 Å². The Hall–Kier alpha value is -1.95. The Bertz CT molecular complexity index is 520. The number of nitrogens with zero attached hydrogens (tertiary/aromatic N) is 1. The molecule has 2 heterocycles. The average molecular weight is 278 g/mol. The molecule has 2 aliphatic rings. The number of phenols is 1. The number of alkyl carbamates (subject to hydrolysis) is 1. The summed E-state index contributed by atoms with van der Waals surface area (Å²) in [5, 5.41) is 12.3. The third-order valence-electron chi connectivity index (χ3n) is 3.92. The van der Waals surface area contributed by atoms with Gasteiger partial charge in [-0.2, -0.15) is 0 Å². The number of methoxy groups -OCH3 is 1. The van der Waals surface area contributed by atoms with Crippen LogP contribution in [0.5, 0.6) is 11.5 Å². The highest BCUT2D eigenvalue weighted by molar-refractivity contribution is 5.67. The maximum atomic E-state index is 11.2. The number of carbonyl (C=O) groups is 1. The van der Waals surface area contributed by atoms with Crippen molar-refractivity contribution in [2.75, 3.05) is 26.8 Å². The number of benzene rings is 1. The summed E-state index contributed by atoms with van der Waals surface area (Å²) in [6.45, 7) is 2.27. The molecule has 1 saturated heterocycles. The molecule has 6 heteroatoms. The summed E-state index contributed by atoms with van der Waals surface area (Å²) in [6.07, 6.45) is 0.517. The number of ether oxygens (including phenoxy) is 2. The van der Waals surface area contributed by atoms with Crippen molar-refractivity contribution >= 4 is 6.09 Å². The summed E-state index contributed by atoms with van der Waals surface area (Å²) >= 11 is 0. The van der Waals surface area contributed by atoms with E-state index in [1.54, 1.807) is 12.1 Å². The van der Waals surface area contributed by atoms with Gasteiger partial charge in [-0.1, -0.05) is 0 Å². The number of amides is 1. The zero-order valence-electron chi connectivity index (χ0n) is 11.3. The molecule has 1 aromatic carbocycles. The lowest BCUT2D eigenvalue weighted by Gasteiger charge is -2.22. The summed E-state index contributed by atoms with van der Waals surface area (Å²) in [4.78, 5) is 13.5. The normalized spacial score (nSPS) is 25.1. The number of rotatable bonds is 2. The fourth-order valence-corrected chi connectivity index (χ4v) is 2.90. The molecular formula is C14H18N2O4. The van der Waals surface area contributed by atoms with Crippen LogP contribution in [0.2, 0.25) is 0 Å². The van der Waals surface area contributed by atoms with E-state index in [4.69, 9.17) is 4.74 Å². The van der Waals surface area contributed by atoms with Crippen molar-refractivity contribution in [2.45, 2.75) is 18.5 Å². The monoisotopic (exact) mass is 278 g/mol. The van der Waals surface area contributed by atoms with Crippen molar-refractivity contribution in [3.63, 3.8) is 0 Å². The molecule has 0 bridgehead atoms. The Morgan fingerprint density at radius 1 is 1.55 bits per heavy atom. The highest BCUT2D eigenvalue weighted by atomic mass is 16.5. The number of hydrogen-bond acceptors (Lipinski definition) is 5. The Morgan fingerprint density at radius 3 is 3.20 bits per heavy atom. The van der Waals surface area contributed by atoms with E-state index in [-0.39, 0.29) is 23.9 Å². The first-order chi connectivity index (χ1) is 9.67. The molecule has 20 heavy (non-hydrogen) atoms. The van der Waals surface area contributed by atoms with Crippen LogP contribution < -0.4 is 10.1 Å². The largest absolute Gasteiger partial charge is 0.508 e. The molecular weight excluding hydrogens is 260 g/mol. The van der Waals surface area contributed by atoms with E-state index in [2.05, 4.69) is 15.0 Å². The first-order valence-electron chi connectivity index (χ1n) is 6.71. The van der Waals surface area contributed by atoms with Gasteiger partial charge in [0.1, 0.15) is 18.1 Å². The van der Waals surface area contributed by atoms with Gasteiger partial charge in [-0.25, -0.2) is 4.79 Å². The summed E-state index contributed by atoms with van der Waals surface area (Å²) in [5.74, 6) is 0.968. The number of phenolic OH excluding ortho intramolecular Hbond substituents is 1. The topological polar surface area (TPSA) is 71.0 Å². The smallest absolute Gasteiger partial charge is 0.407 e. The molecule has 3 rings (SSSR count). The van der Waals surface area contributed by atoms with Gasteiger partial charge in [0.2, 0.25) is 0 Å². The lowest BCUT2D eigenvalue weighted by Crippen LogP contribution is -2.38. The SMILES string of the molecule is COC(=O)NC1CCN(C2COc3cc(O)ccc32)C1. The second kappa shape index (κ2) is 5.20. The predicted molar refractivity (Wildman–Crippen MR) is 71.9 cm³/mol. The minimum absolute atomic E-state index is 0.114. The Morgan fingerprint density at radius 2 is 2.40 bits per heavy atom. The van der Waals surface area contributed by atoms with E-state index in [1.165, 1.54) is 7.11 Å². The highest BCUT2D eigenvalue weighted by Crippen LogP contribution is 2.39. The third-order valence-corrected chi connectivity index (χ3v) is 3.92. The molecule has 0 saturated carbocycles. The average Bonchev–Trinajstić information content (AvgIpc) is 3.04. The van der Waals surface area contributed by atoms with Crippen molar-refractivity contribution in [2.24, 2.45) is 0 Å². The molecule has 0 aliphatic carbocycles. The number of likely N-dealkylation sites (tertiary alicyclic amines) is 1. The summed E-state index contributed by atoms with van der Waals surface area (Å²) in [6, 6.07) is 5.54. The van der Waals surface area contributed by atoms with Crippen LogP contribution in [0.25, 0.3) is 0 Å². The van der Waals surface area contributed by atoms with Gasteiger partial charge in [0.15, 0.2) is 0 Å². The molecule has 1 fully saturated rings. The van der Waals surface area contributed by atoms with Gasteiger partial charge < -0.3 is 19.9 Å². The van der Waals surface area contributed by atoms with E-state index in [1.807, 2.05) is 6.07 Å². The molecule has 1 aromatic rings. The van der Waals surface area contributed by atoms with Gasteiger partial charge in [-0.05, 0) is 18.6 Å². The van der Waals surface area contributed by atoms with Gasteiger partial charge >= 0.3 is 6.09 Å². The first kappa shape index (κ1) is 13.1. The Balaban J connectivity index is 1.67. The Labute approximate surface area is 117 Å². The standard InChI is InChI=1S/C14H18N2O4/c1-19-14(18)15-9-4-5-16(7-9)12-8-20-13-6-10(17)2-3-11(12)13/h2-3,6,9,12,17H,4-5,7-8H2,1H3,(H,15,18). The first-order valence-corrected chi connectivity index (χ1v) is 6.71. The molecule has 0 radical (unpaired) electrons. The molecule has 108 valence electrons. The van der Waals surface area contributed by atoms with Crippen LogP contribution >= 0.6 is 0 Å². The fraction of sp³-hybridized carbons (Fsp3) is 0.500. The second-order valence-electron chi connectivity index (χ2n) is 5.17. The van der Waals surface area contributed by atoms with Crippen LogP contribution in [0.15, 0.2) is 18.2 Å². The van der Waals surface area contributed by atoms with E-state index >= 15 is 0 Å². The highest BCUT2D eigenvalue weighted by Gasteiger charge is 2.35. The van der Waals surface area contributed by atoms with Gasteiger partial charge in [0, 0.05) is 30.8 Å². The van der Waals surface area contributed by atoms with Crippen LogP contribution in [-0.4, -0.2) is 48.9 Å². The summed E-state index contributed by atoms with van der Waals surface area (Å²) in [5.41, 5.74) is 1.10. The van der Waals surface area contributed by atoms with Crippen LogP contribution in [0.3, 0.4) is 0 Å². The molecule has 2 N–H and O–H groups in total. The molecule has 0 aromatic heterocycles. The number of carbonyl (C=O) groups excluding carboxylic acids is 1. The van der Waals surface area contributed by atoms with Crippen molar-refractivity contribution < 1.29 is 19.4 Å². The predicted octanol–water partition coefficient (Wildman–Crippen LogP) is 1.26. The van der Waals surface area contributed by atoms with Crippen LogP contribution in [0, 0.1) is 0 Å². The van der Waals surface area contributed by atoms with Gasteiger partial charge in [-0.3, -0.25) is 4.90 Å². The number of nitrogens with one attached hydrogen (secondary N) is 1. The quantitative estimate of drug-likeness (QED) is 0.852. The minimum Gasteiger partial charge on any atom is -0.508 e. The zero-order chi connectivity index (χ0) is 14.1.